The maximum absolute atomic E-state index is 10.9. The molecule has 1 saturated heterocycles. The van der Waals surface area contributed by atoms with E-state index in [1.807, 2.05) is 6.08 Å². The topological polar surface area (TPSA) is 40.5 Å². The van der Waals surface area contributed by atoms with Gasteiger partial charge in [-0.15, -0.1) is 0 Å². The van der Waals surface area contributed by atoms with Crippen molar-refractivity contribution in [2.45, 2.75) is 51.0 Å². The number of rotatable bonds is 2. The van der Waals surface area contributed by atoms with Crippen molar-refractivity contribution < 1.29 is 9.90 Å². The van der Waals surface area contributed by atoms with E-state index in [2.05, 4.69) is 11.0 Å². The molecule has 3 rings (SSSR count). The normalized spacial score (nSPS) is 35.3. The molecule has 3 nitrogen and oxygen atoms in total. The minimum absolute atomic E-state index is 0.249. The van der Waals surface area contributed by atoms with Crippen LogP contribution < -0.4 is 0 Å². The Balaban J connectivity index is 1.53. The number of carboxylic acids is 1. The van der Waals surface area contributed by atoms with Gasteiger partial charge in [0.1, 0.15) is 0 Å². The molecule has 0 amide bonds. The zero-order valence-electron chi connectivity index (χ0n) is 11.0. The van der Waals surface area contributed by atoms with Crippen LogP contribution in [0.3, 0.4) is 0 Å². The Morgan fingerprint density at radius 3 is 2.33 bits per heavy atom. The highest BCUT2D eigenvalue weighted by Crippen LogP contribution is 2.44. The van der Waals surface area contributed by atoms with E-state index in [-0.39, 0.29) is 5.92 Å². The largest absolute Gasteiger partial charge is 0.481 e. The number of hydrogen-bond donors (Lipinski definition) is 1. The first-order valence-corrected chi connectivity index (χ1v) is 7.34. The Bertz CT molecular complexity index is 348. The molecule has 0 aromatic heterocycles. The molecule has 18 heavy (non-hydrogen) atoms. The van der Waals surface area contributed by atoms with E-state index in [1.165, 1.54) is 51.6 Å². The zero-order chi connectivity index (χ0) is 12.6. The molecule has 0 bridgehead atoms. The quantitative estimate of drug-likeness (QED) is 0.765. The van der Waals surface area contributed by atoms with Crippen molar-refractivity contribution in [2.24, 2.45) is 11.3 Å². The van der Waals surface area contributed by atoms with Gasteiger partial charge in [-0.1, -0.05) is 37.8 Å². The summed E-state index contributed by atoms with van der Waals surface area (Å²) in [4.78, 5) is 13.4. The summed E-state index contributed by atoms with van der Waals surface area (Å²) in [5.41, 5.74) is 0.589. The molecular formula is C15H23NO2. The van der Waals surface area contributed by atoms with Crippen LogP contribution in [0.5, 0.6) is 0 Å². The Hall–Kier alpha value is -0.830. The van der Waals surface area contributed by atoms with Crippen LogP contribution in [0.4, 0.5) is 0 Å². The second-order valence-corrected chi connectivity index (χ2v) is 6.45. The number of aliphatic carboxylic acids is 1. The molecule has 2 aliphatic carbocycles. The Labute approximate surface area is 109 Å². The molecule has 1 spiro atoms. The van der Waals surface area contributed by atoms with E-state index in [1.54, 1.807) is 0 Å². The van der Waals surface area contributed by atoms with Gasteiger partial charge in [-0.2, -0.15) is 0 Å². The van der Waals surface area contributed by atoms with Crippen LogP contribution >= 0.6 is 0 Å². The van der Waals surface area contributed by atoms with Crippen molar-refractivity contribution >= 4 is 5.97 Å². The van der Waals surface area contributed by atoms with Crippen LogP contribution in [0.1, 0.15) is 44.9 Å². The van der Waals surface area contributed by atoms with Crippen molar-refractivity contribution in [3.8, 4) is 0 Å². The molecule has 0 radical (unpaired) electrons. The monoisotopic (exact) mass is 249 g/mol. The number of hydrogen-bond acceptors (Lipinski definition) is 2. The lowest BCUT2D eigenvalue weighted by Crippen LogP contribution is -2.59. The van der Waals surface area contributed by atoms with Crippen LogP contribution in [0.15, 0.2) is 12.2 Å². The zero-order valence-corrected chi connectivity index (χ0v) is 11.0. The van der Waals surface area contributed by atoms with E-state index in [0.29, 0.717) is 11.5 Å². The number of likely N-dealkylation sites (tertiary alicyclic amines) is 1. The SMILES string of the molecule is O=C(O)C1C=CC(N2CC3(CCCCCC3)C2)C1. The molecule has 2 unspecified atom stereocenters. The predicted octanol–water partition coefficient (Wildman–Crippen LogP) is 2.67. The standard InChI is InChI=1S/C15H23NO2/c17-14(18)12-5-6-13(9-12)16-10-15(11-16)7-3-1-2-4-8-15/h5-6,12-13H,1-4,7-11H2,(H,17,18). The molecule has 100 valence electrons. The fourth-order valence-corrected chi connectivity index (χ4v) is 3.98. The first kappa shape index (κ1) is 12.2. The molecule has 1 heterocycles. The highest BCUT2D eigenvalue weighted by atomic mass is 16.4. The lowest BCUT2D eigenvalue weighted by Gasteiger charge is -2.53. The summed E-state index contributed by atoms with van der Waals surface area (Å²) in [6.07, 6.45) is 13.2. The summed E-state index contributed by atoms with van der Waals surface area (Å²) in [5.74, 6) is -0.917. The van der Waals surface area contributed by atoms with E-state index in [0.717, 1.165) is 6.42 Å². The second kappa shape index (κ2) is 4.69. The van der Waals surface area contributed by atoms with E-state index < -0.39 is 5.97 Å². The number of carboxylic acid groups (broad SMARTS) is 1. The maximum atomic E-state index is 10.9. The highest BCUT2D eigenvalue weighted by molar-refractivity contribution is 5.73. The van der Waals surface area contributed by atoms with Crippen LogP contribution in [-0.2, 0) is 4.79 Å². The molecular weight excluding hydrogens is 226 g/mol. The van der Waals surface area contributed by atoms with Crippen molar-refractivity contribution in [2.75, 3.05) is 13.1 Å². The third kappa shape index (κ3) is 2.20. The Kier molecular flexibility index (Phi) is 3.18. The summed E-state index contributed by atoms with van der Waals surface area (Å²) < 4.78 is 0. The van der Waals surface area contributed by atoms with Crippen molar-refractivity contribution in [1.29, 1.82) is 0 Å². The van der Waals surface area contributed by atoms with Crippen molar-refractivity contribution in [1.82, 2.24) is 4.90 Å². The van der Waals surface area contributed by atoms with Crippen molar-refractivity contribution in [3.05, 3.63) is 12.2 Å². The van der Waals surface area contributed by atoms with Crippen LogP contribution in [0.25, 0.3) is 0 Å². The summed E-state index contributed by atoms with van der Waals surface area (Å²) >= 11 is 0. The minimum Gasteiger partial charge on any atom is -0.481 e. The van der Waals surface area contributed by atoms with Gasteiger partial charge in [0.2, 0.25) is 0 Å². The number of nitrogens with zero attached hydrogens (tertiary/aromatic N) is 1. The second-order valence-electron chi connectivity index (χ2n) is 6.45. The molecule has 2 fully saturated rings. The first-order chi connectivity index (χ1) is 8.69. The molecule has 3 aliphatic rings. The fraction of sp³-hybridized carbons (Fsp3) is 0.800. The summed E-state index contributed by atoms with van der Waals surface area (Å²) in [5, 5.41) is 9.01. The Morgan fingerprint density at radius 2 is 1.78 bits per heavy atom. The molecule has 1 saturated carbocycles. The van der Waals surface area contributed by atoms with Gasteiger partial charge >= 0.3 is 5.97 Å². The highest BCUT2D eigenvalue weighted by Gasteiger charge is 2.45. The van der Waals surface area contributed by atoms with Gasteiger partial charge in [0.05, 0.1) is 5.92 Å². The summed E-state index contributed by atoms with van der Waals surface area (Å²) in [6, 6.07) is 0.389. The molecule has 1 aliphatic heterocycles. The third-order valence-corrected chi connectivity index (χ3v) is 5.09. The molecule has 0 aromatic rings. The van der Waals surface area contributed by atoms with E-state index in [9.17, 15) is 4.79 Å². The fourth-order valence-electron chi connectivity index (χ4n) is 3.98. The average Bonchev–Trinajstić information content (AvgIpc) is 2.65. The minimum atomic E-state index is -0.668. The van der Waals surface area contributed by atoms with Gasteiger partial charge in [0.25, 0.3) is 0 Å². The van der Waals surface area contributed by atoms with Gasteiger partial charge in [-0.3, -0.25) is 9.69 Å². The van der Waals surface area contributed by atoms with Crippen LogP contribution in [0, 0.1) is 11.3 Å². The predicted molar refractivity (Wildman–Crippen MR) is 70.4 cm³/mol. The van der Waals surface area contributed by atoms with Gasteiger partial charge in [0.15, 0.2) is 0 Å². The van der Waals surface area contributed by atoms with Gasteiger partial charge in [-0.25, -0.2) is 0 Å². The summed E-state index contributed by atoms with van der Waals surface area (Å²) in [7, 11) is 0. The van der Waals surface area contributed by atoms with Gasteiger partial charge in [0, 0.05) is 19.1 Å². The maximum Gasteiger partial charge on any atom is 0.310 e. The van der Waals surface area contributed by atoms with Crippen LogP contribution in [-0.4, -0.2) is 35.1 Å². The third-order valence-electron chi connectivity index (χ3n) is 5.09. The molecule has 0 aromatic carbocycles. The molecule has 2 atom stereocenters. The number of carbonyl (C=O) groups is 1. The lowest BCUT2D eigenvalue weighted by molar-refractivity contribution is -0.140. The van der Waals surface area contributed by atoms with E-state index in [4.69, 9.17) is 5.11 Å². The van der Waals surface area contributed by atoms with Gasteiger partial charge in [-0.05, 0) is 24.7 Å². The van der Waals surface area contributed by atoms with E-state index >= 15 is 0 Å². The average molecular weight is 249 g/mol. The Morgan fingerprint density at radius 1 is 1.11 bits per heavy atom. The van der Waals surface area contributed by atoms with Gasteiger partial charge < -0.3 is 5.11 Å². The molecule has 3 heteroatoms. The summed E-state index contributed by atoms with van der Waals surface area (Å²) in [6.45, 7) is 2.41. The lowest BCUT2D eigenvalue weighted by atomic mass is 9.73. The molecule has 1 N–H and O–H groups in total. The van der Waals surface area contributed by atoms with Crippen molar-refractivity contribution in [3.63, 3.8) is 0 Å². The van der Waals surface area contributed by atoms with Crippen LogP contribution in [0.2, 0.25) is 0 Å². The first-order valence-electron chi connectivity index (χ1n) is 7.34. The smallest absolute Gasteiger partial charge is 0.310 e.